The second kappa shape index (κ2) is 2.28. The van der Waals surface area contributed by atoms with E-state index in [4.69, 9.17) is 0 Å². The Morgan fingerprint density at radius 2 is 2.50 bits per heavy atom. The van der Waals surface area contributed by atoms with Crippen molar-refractivity contribution in [1.82, 2.24) is 9.36 Å². The second-order valence-electron chi connectivity index (χ2n) is 1.25. The van der Waals surface area contributed by atoms with E-state index in [1.54, 1.807) is 0 Å². The summed E-state index contributed by atoms with van der Waals surface area (Å²) in [7, 11) is 0. The molecule has 0 aromatic carbocycles. The van der Waals surface area contributed by atoms with Gasteiger partial charge in [-0.25, -0.2) is 4.98 Å². The maximum atomic E-state index is 4.49. The molecule has 0 unspecified atom stereocenters. The summed E-state index contributed by atoms with van der Waals surface area (Å²) in [5.41, 5.74) is 0. The van der Waals surface area contributed by atoms with Gasteiger partial charge in [0.05, 0.1) is 5.37 Å². The number of thiocarbonyl (C=S) groups is 1. The van der Waals surface area contributed by atoms with Crippen molar-refractivity contribution in [3.63, 3.8) is 0 Å². The fourth-order valence-corrected chi connectivity index (χ4v) is 0.966. The average molecular weight is 143 g/mol. The molecule has 0 N–H and O–H groups in total. The topological polar surface area (TPSA) is 25.8 Å². The molecule has 41 valence electrons. The molecule has 0 atom stereocenters. The normalized spacial score (nSPS) is 9.12. The molecular formula is C4H3N2S2. The lowest BCUT2D eigenvalue weighted by molar-refractivity contribution is 1.16. The lowest BCUT2D eigenvalue weighted by atomic mass is 10.7. The average Bonchev–Trinajstić information content (AvgIpc) is 2.14. The minimum atomic E-state index is 0.692. The molecule has 0 aliphatic carbocycles. The zero-order chi connectivity index (χ0) is 5.98. The lowest BCUT2D eigenvalue weighted by Gasteiger charge is -1.68. The van der Waals surface area contributed by atoms with E-state index in [0.29, 0.717) is 5.01 Å². The third kappa shape index (κ3) is 1.08. The largest absolute Gasteiger partial charge is 0.219 e. The zero-order valence-electron chi connectivity index (χ0n) is 4.21. The van der Waals surface area contributed by atoms with Crippen LogP contribution >= 0.6 is 23.8 Å². The van der Waals surface area contributed by atoms with Gasteiger partial charge in [-0.15, -0.1) is 0 Å². The first-order valence-corrected chi connectivity index (χ1v) is 3.19. The number of aryl methyl sites for hydroxylation is 1. The van der Waals surface area contributed by atoms with E-state index in [9.17, 15) is 0 Å². The van der Waals surface area contributed by atoms with Crippen molar-refractivity contribution in [1.29, 1.82) is 0 Å². The summed E-state index contributed by atoms with van der Waals surface area (Å²) in [6, 6.07) is 0. The molecule has 1 radical (unpaired) electrons. The SMILES string of the molecule is Cc1nsc([C]=S)n1. The molecule has 0 amide bonds. The van der Waals surface area contributed by atoms with E-state index < -0.39 is 0 Å². The van der Waals surface area contributed by atoms with Gasteiger partial charge in [0.2, 0.25) is 0 Å². The van der Waals surface area contributed by atoms with E-state index in [1.165, 1.54) is 11.5 Å². The van der Waals surface area contributed by atoms with Crippen LogP contribution in [-0.4, -0.2) is 14.7 Å². The smallest absolute Gasteiger partial charge is 0.156 e. The Hall–Kier alpha value is -0.350. The van der Waals surface area contributed by atoms with Crippen molar-refractivity contribution < 1.29 is 0 Å². The summed E-state index contributed by atoms with van der Waals surface area (Å²) in [6.45, 7) is 1.83. The van der Waals surface area contributed by atoms with Gasteiger partial charge in [0.25, 0.3) is 0 Å². The Morgan fingerprint density at radius 3 is 2.75 bits per heavy atom. The third-order valence-electron chi connectivity index (χ3n) is 0.615. The molecule has 4 heteroatoms. The fourth-order valence-electron chi connectivity index (χ4n) is 0.339. The fraction of sp³-hybridized carbons (Fsp3) is 0.250. The highest BCUT2D eigenvalue weighted by Gasteiger charge is 1.92. The molecular weight excluding hydrogens is 140 g/mol. The van der Waals surface area contributed by atoms with Crippen molar-refractivity contribution in [2.45, 2.75) is 6.92 Å². The first-order chi connectivity index (χ1) is 3.83. The van der Waals surface area contributed by atoms with Crippen LogP contribution in [0.5, 0.6) is 0 Å². The number of hydrogen-bond acceptors (Lipinski definition) is 4. The molecule has 0 spiro atoms. The number of aromatic nitrogens is 2. The minimum absolute atomic E-state index is 0.692. The van der Waals surface area contributed by atoms with Gasteiger partial charge in [0.1, 0.15) is 5.82 Å². The van der Waals surface area contributed by atoms with Gasteiger partial charge in [-0.1, -0.05) is 12.2 Å². The van der Waals surface area contributed by atoms with Gasteiger partial charge in [-0.05, 0) is 18.5 Å². The number of nitrogens with zero attached hydrogens (tertiary/aromatic N) is 2. The van der Waals surface area contributed by atoms with Gasteiger partial charge < -0.3 is 0 Å². The van der Waals surface area contributed by atoms with Crippen LogP contribution in [0.3, 0.4) is 0 Å². The van der Waals surface area contributed by atoms with Crippen molar-refractivity contribution in [2.24, 2.45) is 0 Å². The van der Waals surface area contributed by atoms with Crippen LogP contribution in [-0.2, 0) is 0 Å². The van der Waals surface area contributed by atoms with E-state index in [2.05, 4.69) is 26.9 Å². The standard InChI is InChI=1S/C4H3N2S2/c1-3-5-4(2-7)8-6-3/h1H3. The molecule has 0 aliphatic heterocycles. The minimum Gasteiger partial charge on any atom is -0.219 e. The quantitative estimate of drug-likeness (QED) is 0.550. The first kappa shape index (κ1) is 5.78. The Labute approximate surface area is 56.7 Å². The maximum absolute atomic E-state index is 4.49. The molecule has 1 heterocycles. The van der Waals surface area contributed by atoms with E-state index in [0.717, 1.165) is 5.82 Å². The summed E-state index contributed by atoms with van der Waals surface area (Å²) in [6.07, 6.45) is 0. The third-order valence-corrected chi connectivity index (χ3v) is 1.66. The van der Waals surface area contributed by atoms with E-state index in [1.807, 2.05) is 6.92 Å². The summed E-state index contributed by atoms with van der Waals surface area (Å²) in [4.78, 5) is 3.92. The monoisotopic (exact) mass is 143 g/mol. The summed E-state index contributed by atoms with van der Waals surface area (Å²) in [5.74, 6) is 0.766. The summed E-state index contributed by atoms with van der Waals surface area (Å²) < 4.78 is 3.89. The number of rotatable bonds is 1. The van der Waals surface area contributed by atoms with Gasteiger partial charge in [0, 0.05) is 0 Å². The van der Waals surface area contributed by atoms with Crippen LogP contribution in [0.25, 0.3) is 0 Å². The van der Waals surface area contributed by atoms with E-state index in [-0.39, 0.29) is 0 Å². The van der Waals surface area contributed by atoms with Crippen LogP contribution in [0, 0.1) is 6.92 Å². The summed E-state index contributed by atoms with van der Waals surface area (Å²) in [5, 5.41) is 3.17. The molecule has 1 aromatic rings. The van der Waals surface area contributed by atoms with Gasteiger partial charge in [-0.3, -0.25) is 0 Å². The Bertz CT molecular complexity index is 194. The van der Waals surface area contributed by atoms with Crippen LogP contribution in [0.2, 0.25) is 0 Å². The van der Waals surface area contributed by atoms with Crippen LogP contribution in [0.15, 0.2) is 0 Å². The van der Waals surface area contributed by atoms with Crippen LogP contribution in [0.1, 0.15) is 10.8 Å². The molecule has 1 aromatic heterocycles. The van der Waals surface area contributed by atoms with Crippen LogP contribution in [0.4, 0.5) is 0 Å². The maximum Gasteiger partial charge on any atom is 0.156 e. The second-order valence-corrected chi connectivity index (χ2v) is 2.20. The van der Waals surface area contributed by atoms with Gasteiger partial charge in [-0.2, -0.15) is 4.37 Å². The van der Waals surface area contributed by atoms with Crippen molar-refractivity contribution in [2.75, 3.05) is 0 Å². The van der Waals surface area contributed by atoms with Crippen LogP contribution < -0.4 is 0 Å². The van der Waals surface area contributed by atoms with Gasteiger partial charge in [0.15, 0.2) is 5.01 Å². The molecule has 1 rings (SSSR count). The Kier molecular flexibility index (Phi) is 1.65. The van der Waals surface area contributed by atoms with Crippen molar-refractivity contribution >= 4 is 29.1 Å². The Balaban J connectivity index is 3.00. The Morgan fingerprint density at radius 1 is 1.75 bits per heavy atom. The molecule has 0 saturated heterocycles. The molecule has 0 aliphatic rings. The van der Waals surface area contributed by atoms with Gasteiger partial charge >= 0.3 is 0 Å². The predicted molar refractivity (Wildman–Crippen MR) is 36.3 cm³/mol. The molecule has 0 saturated carbocycles. The molecule has 8 heavy (non-hydrogen) atoms. The summed E-state index contributed by atoms with van der Waals surface area (Å²) >= 11 is 5.76. The first-order valence-electron chi connectivity index (χ1n) is 2.01. The molecule has 0 bridgehead atoms. The van der Waals surface area contributed by atoms with Crippen molar-refractivity contribution in [3.05, 3.63) is 10.8 Å². The predicted octanol–water partition coefficient (Wildman–Crippen LogP) is 1.07. The highest BCUT2D eigenvalue weighted by Crippen LogP contribution is 1.98. The molecule has 0 fully saturated rings. The molecule has 2 nitrogen and oxygen atoms in total. The van der Waals surface area contributed by atoms with Crippen molar-refractivity contribution in [3.8, 4) is 0 Å². The highest BCUT2D eigenvalue weighted by atomic mass is 32.1. The zero-order valence-corrected chi connectivity index (χ0v) is 5.84. The highest BCUT2D eigenvalue weighted by molar-refractivity contribution is 7.79. The number of hydrogen-bond donors (Lipinski definition) is 0. The lowest BCUT2D eigenvalue weighted by Crippen LogP contribution is -1.74. The van der Waals surface area contributed by atoms with E-state index >= 15 is 0 Å².